The molecule has 8 nitrogen and oxygen atoms in total. The summed E-state index contributed by atoms with van der Waals surface area (Å²) in [6.07, 6.45) is 0. The van der Waals surface area contributed by atoms with E-state index in [0.717, 1.165) is 19.9 Å². The predicted molar refractivity (Wildman–Crippen MR) is 93.9 cm³/mol. The largest absolute Gasteiger partial charge is 0.534 e. The number of rotatable bonds is 4. The molecule has 154 valence electrons. The molecule has 0 fully saturated rings. The Balaban J connectivity index is 0.000000359. The standard InChI is InChI=1S/C11H8F3NO3S.C4H7O4P/c1-7-5-6-8-9(15-7)3-2-4-10(8)18-19(16,17)11(12,13)14;1-3(5)7-9-8-4(2)6/h2-6H,1H3;9H,1-2H3/i;9D. The quantitative estimate of drug-likeness (QED) is 0.403. The van der Waals surface area contributed by atoms with Gasteiger partial charge in [-0.15, -0.1) is 0 Å². The number of pyridine rings is 1. The molecule has 0 atom stereocenters. The highest BCUT2D eigenvalue weighted by molar-refractivity contribution is 7.88. The molecular weight excluding hydrogens is 426 g/mol. The van der Waals surface area contributed by atoms with Crippen molar-refractivity contribution in [3.63, 3.8) is 0 Å². The van der Waals surface area contributed by atoms with Crippen LogP contribution in [0.1, 0.15) is 19.5 Å². The summed E-state index contributed by atoms with van der Waals surface area (Å²) in [5.74, 6) is -1.65. The first-order valence-corrected chi connectivity index (χ1v) is 9.40. The summed E-state index contributed by atoms with van der Waals surface area (Å²) in [6, 6.07) is 7.07. The van der Waals surface area contributed by atoms with Crippen molar-refractivity contribution in [1.29, 1.82) is 1.28 Å². The van der Waals surface area contributed by atoms with Gasteiger partial charge in [0.25, 0.3) is 8.98 Å². The Bertz CT molecular complexity index is 985. The van der Waals surface area contributed by atoms with Gasteiger partial charge in [0.1, 0.15) is 0 Å². The third-order valence-corrected chi connectivity index (χ3v) is 4.27. The summed E-state index contributed by atoms with van der Waals surface area (Å²) in [4.78, 5) is 24.3. The Labute approximate surface area is 161 Å². The Hall–Kier alpha value is -2.46. The first-order valence-electron chi connectivity index (χ1n) is 7.71. The minimum Gasteiger partial charge on any atom is -0.409 e. The predicted octanol–water partition coefficient (Wildman–Crippen LogP) is 3.39. The van der Waals surface area contributed by atoms with Gasteiger partial charge in [0.2, 0.25) is 0 Å². The minimum atomic E-state index is -5.68. The summed E-state index contributed by atoms with van der Waals surface area (Å²) in [5, 5.41) is 0.195. The fraction of sp³-hybridized carbons (Fsp3) is 0.267. The van der Waals surface area contributed by atoms with E-state index >= 15 is 0 Å². The molecule has 0 unspecified atom stereocenters. The fourth-order valence-corrected chi connectivity index (χ4v) is 2.31. The third-order valence-electron chi connectivity index (χ3n) is 2.65. The van der Waals surface area contributed by atoms with Crippen molar-refractivity contribution >= 4 is 41.9 Å². The highest BCUT2D eigenvalue weighted by Crippen LogP contribution is 2.31. The lowest BCUT2D eigenvalue weighted by molar-refractivity contribution is -0.134. The van der Waals surface area contributed by atoms with Gasteiger partial charge in [-0.1, -0.05) is 6.07 Å². The molecule has 0 bridgehead atoms. The summed E-state index contributed by atoms with van der Waals surface area (Å²) < 4.78 is 78.1. The summed E-state index contributed by atoms with van der Waals surface area (Å²) in [5.41, 5.74) is -4.45. The lowest BCUT2D eigenvalue weighted by Gasteiger charge is -2.11. The Kier molecular flexibility index (Phi) is 7.53. The molecule has 1 heterocycles. The van der Waals surface area contributed by atoms with Gasteiger partial charge >= 0.3 is 27.6 Å². The van der Waals surface area contributed by atoms with Crippen molar-refractivity contribution < 1.29 is 44.4 Å². The average Bonchev–Trinajstić information content (AvgIpc) is 2.52. The summed E-state index contributed by atoms with van der Waals surface area (Å²) in [7, 11) is -7.79. The number of carbonyl (C=O) groups is 2. The Morgan fingerprint density at radius 1 is 1.11 bits per heavy atom. The molecule has 2 aromatic rings. The monoisotopic (exact) mass is 442 g/mol. The molecular formula is C15H15F3NO7PS. The van der Waals surface area contributed by atoms with Crippen molar-refractivity contribution in [2.45, 2.75) is 26.3 Å². The molecule has 0 saturated heterocycles. The summed E-state index contributed by atoms with van der Waals surface area (Å²) in [6.45, 7) is 4.00. The first kappa shape index (κ1) is 21.8. The highest BCUT2D eigenvalue weighted by atomic mass is 32.2. The van der Waals surface area contributed by atoms with Crippen LogP contribution in [0.2, 0.25) is 0 Å². The van der Waals surface area contributed by atoms with Crippen molar-refractivity contribution in [2.24, 2.45) is 0 Å². The van der Waals surface area contributed by atoms with Crippen molar-refractivity contribution in [3.05, 3.63) is 36.0 Å². The molecule has 1 aromatic heterocycles. The second-order valence-electron chi connectivity index (χ2n) is 5.00. The molecule has 28 heavy (non-hydrogen) atoms. The van der Waals surface area contributed by atoms with Crippen LogP contribution in [0.5, 0.6) is 5.75 Å². The first-order chi connectivity index (χ1) is 13.2. The second kappa shape index (κ2) is 9.65. The number of aromatic nitrogens is 1. The van der Waals surface area contributed by atoms with E-state index in [0.29, 0.717) is 11.2 Å². The lowest BCUT2D eigenvalue weighted by Crippen LogP contribution is -2.28. The molecule has 0 radical (unpaired) electrons. The van der Waals surface area contributed by atoms with Gasteiger partial charge in [0.15, 0.2) is 7.03 Å². The number of alkyl halides is 3. The topological polar surface area (TPSA) is 109 Å². The van der Waals surface area contributed by atoms with Crippen LogP contribution in [0, 0.1) is 6.92 Å². The Morgan fingerprint density at radius 3 is 2.18 bits per heavy atom. The van der Waals surface area contributed by atoms with E-state index in [1.54, 1.807) is 19.1 Å². The molecule has 0 saturated carbocycles. The number of carbonyl (C=O) groups excluding carboxylic acids is 2. The molecule has 13 heteroatoms. The van der Waals surface area contributed by atoms with Gasteiger partial charge in [-0.2, -0.15) is 21.6 Å². The maximum atomic E-state index is 12.3. The van der Waals surface area contributed by atoms with Crippen LogP contribution in [0.3, 0.4) is 0 Å². The molecule has 0 aliphatic carbocycles. The van der Waals surface area contributed by atoms with Gasteiger partial charge in [0, 0.05) is 24.9 Å². The zero-order valence-electron chi connectivity index (χ0n) is 15.7. The number of aryl methyl sites for hydroxylation is 1. The highest BCUT2D eigenvalue weighted by Gasteiger charge is 2.48. The van der Waals surface area contributed by atoms with Gasteiger partial charge in [-0.3, -0.25) is 14.6 Å². The smallest absolute Gasteiger partial charge is 0.409 e. The maximum Gasteiger partial charge on any atom is 0.534 e. The second-order valence-corrected chi connectivity index (χ2v) is 7.05. The van der Waals surface area contributed by atoms with E-state index in [4.69, 9.17) is 1.28 Å². The lowest BCUT2D eigenvalue weighted by atomic mass is 10.2. The van der Waals surface area contributed by atoms with Crippen LogP contribution >= 0.6 is 8.98 Å². The molecule has 2 rings (SSSR count). The number of halogens is 3. The zero-order chi connectivity index (χ0) is 22.4. The van der Waals surface area contributed by atoms with Crippen LogP contribution in [0.15, 0.2) is 30.3 Å². The van der Waals surface area contributed by atoms with Crippen molar-refractivity contribution in [2.75, 3.05) is 0 Å². The normalized spacial score (nSPS) is 11.9. The third kappa shape index (κ3) is 7.28. The molecule has 0 aliphatic rings. The van der Waals surface area contributed by atoms with E-state index in [1.165, 1.54) is 12.1 Å². The van der Waals surface area contributed by atoms with Gasteiger partial charge in [0.05, 0.1) is 5.52 Å². The molecule has 1 aromatic carbocycles. The van der Waals surface area contributed by atoms with Gasteiger partial charge < -0.3 is 13.2 Å². The average molecular weight is 442 g/mol. The molecule has 0 N–H and O–H groups in total. The number of benzene rings is 1. The minimum absolute atomic E-state index is 0.195. The van der Waals surface area contributed by atoms with Gasteiger partial charge in [-0.25, -0.2) is 0 Å². The zero-order valence-corrected chi connectivity index (χ0v) is 16.4. The van der Waals surface area contributed by atoms with E-state index < -0.39 is 42.3 Å². The number of nitrogens with zero attached hydrogens (tertiary/aromatic N) is 1. The van der Waals surface area contributed by atoms with Crippen LogP contribution in [0.4, 0.5) is 13.2 Å². The van der Waals surface area contributed by atoms with E-state index in [2.05, 4.69) is 18.2 Å². The van der Waals surface area contributed by atoms with E-state index in [-0.39, 0.29) is 5.39 Å². The number of hydrogen-bond donors (Lipinski definition) is 0. The molecule has 0 spiro atoms. The van der Waals surface area contributed by atoms with Crippen LogP contribution in [0.25, 0.3) is 10.9 Å². The van der Waals surface area contributed by atoms with Crippen molar-refractivity contribution in [1.82, 2.24) is 4.98 Å². The van der Waals surface area contributed by atoms with Crippen LogP contribution < -0.4 is 4.18 Å². The van der Waals surface area contributed by atoms with Crippen LogP contribution in [-0.2, 0) is 28.8 Å². The fourth-order valence-electron chi connectivity index (χ4n) is 1.59. The van der Waals surface area contributed by atoms with E-state index in [1.807, 2.05) is 0 Å². The number of hydrogen-bond acceptors (Lipinski definition) is 8. The van der Waals surface area contributed by atoms with Crippen molar-refractivity contribution in [3.8, 4) is 5.75 Å². The maximum absolute atomic E-state index is 12.3. The Morgan fingerprint density at radius 2 is 1.68 bits per heavy atom. The number of fused-ring (bicyclic) bond motifs is 1. The van der Waals surface area contributed by atoms with E-state index in [9.17, 15) is 31.2 Å². The molecule has 0 amide bonds. The van der Waals surface area contributed by atoms with Crippen LogP contribution in [-0.4, -0.2) is 32.1 Å². The van der Waals surface area contributed by atoms with Gasteiger partial charge in [-0.05, 0) is 31.2 Å². The SMILES string of the molecule is Cc1ccc2c(OS(=O)(=O)C(F)(F)F)cccc2n1.[2H]P(OC(C)=O)OC(C)=O. The molecule has 0 aliphatic heterocycles. The summed E-state index contributed by atoms with van der Waals surface area (Å²) >= 11 is 0.